The van der Waals surface area contributed by atoms with E-state index in [0.717, 1.165) is 18.5 Å². The fourth-order valence-electron chi connectivity index (χ4n) is 1.65. The van der Waals surface area contributed by atoms with E-state index in [9.17, 15) is 13.2 Å². The molecule has 0 amide bonds. The van der Waals surface area contributed by atoms with E-state index in [1.165, 1.54) is 11.2 Å². The minimum atomic E-state index is -4.15. The third-order valence-electron chi connectivity index (χ3n) is 2.69. The number of hydrogen-bond acceptors (Lipinski definition) is 4. The molecule has 0 aliphatic carbocycles. The Morgan fingerprint density at radius 1 is 1.32 bits per heavy atom. The molecule has 1 aromatic heterocycles. The molecule has 0 aromatic carbocycles. The van der Waals surface area contributed by atoms with Crippen molar-refractivity contribution in [3.8, 4) is 0 Å². The fourth-order valence-corrected chi connectivity index (χ4v) is 1.65. The van der Waals surface area contributed by atoms with Crippen LogP contribution in [0.1, 0.15) is 25.3 Å². The Hall–Kier alpha value is -1.53. The second-order valence-corrected chi connectivity index (χ2v) is 4.38. The van der Waals surface area contributed by atoms with Gasteiger partial charge in [0.1, 0.15) is 18.0 Å². The summed E-state index contributed by atoms with van der Waals surface area (Å²) in [5.74, 6) is 1.20. The molecule has 0 unspecified atom stereocenters. The summed E-state index contributed by atoms with van der Waals surface area (Å²) in [5, 5.41) is 3.13. The normalized spacial score (nSPS) is 11.5. The molecular weight excluding hydrogens is 257 g/mol. The van der Waals surface area contributed by atoms with Gasteiger partial charge in [0.2, 0.25) is 0 Å². The second kappa shape index (κ2) is 6.58. The maximum Gasteiger partial charge on any atom is 0.390 e. The van der Waals surface area contributed by atoms with E-state index in [-0.39, 0.29) is 6.54 Å². The van der Waals surface area contributed by atoms with Crippen LogP contribution in [0, 0.1) is 6.92 Å². The zero-order valence-corrected chi connectivity index (χ0v) is 11.4. The Morgan fingerprint density at radius 2 is 2.00 bits per heavy atom. The predicted molar refractivity (Wildman–Crippen MR) is 69.5 cm³/mol. The summed E-state index contributed by atoms with van der Waals surface area (Å²) in [6.45, 7) is 4.48. The van der Waals surface area contributed by atoms with E-state index in [0.29, 0.717) is 11.6 Å². The van der Waals surface area contributed by atoms with Gasteiger partial charge in [-0.3, -0.25) is 0 Å². The van der Waals surface area contributed by atoms with Gasteiger partial charge in [-0.2, -0.15) is 13.2 Å². The standard InChI is InChI=1S/C12H19F3N4/c1-4-6-16-10-9(2)11(18-8-17-10)19(3)7-5-12(13,14)15/h8H,4-7H2,1-3H3,(H,16,17,18). The van der Waals surface area contributed by atoms with Gasteiger partial charge in [-0.05, 0) is 13.3 Å². The average Bonchev–Trinajstić information content (AvgIpc) is 2.34. The van der Waals surface area contributed by atoms with Crippen molar-refractivity contribution in [1.82, 2.24) is 9.97 Å². The predicted octanol–water partition coefficient (Wildman–Crippen LogP) is 3.00. The first-order valence-electron chi connectivity index (χ1n) is 6.18. The minimum Gasteiger partial charge on any atom is -0.370 e. The lowest BCUT2D eigenvalue weighted by Crippen LogP contribution is -2.26. The first-order chi connectivity index (χ1) is 8.85. The molecule has 0 saturated heterocycles. The lowest BCUT2D eigenvalue weighted by Gasteiger charge is -2.21. The summed E-state index contributed by atoms with van der Waals surface area (Å²) in [5.41, 5.74) is 0.764. The van der Waals surface area contributed by atoms with Crippen molar-refractivity contribution in [3.63, 3.8) is 0 Å². The van der Waals surface area contributed by atoms with Gasteiger partial charge in [0, 0.05) is 25.7 Å². The molecule has 4 nitrogen and oxygen atoms in total. The van der Waals surface area contributed by atoms with Gasteiger partial charge in [-0.1, -0.05) is 6.92 Å². The van der Waals surface area contributed by atoms with E-state index in [1.54, 1.807) is 14.0 Å². The van der Waals surface area contributed by atoms with E-state index in [4.69, 9.17) is 0 Å². The highest BCUT2D eigenvalue weighted by Gasteiger charge is 2.27. The summed E-state index contributed by atoms with van der Waals surface area (Å²) in [7, 11) is 1.60. The van der Waals surface area contributed by atoms with Crippen molar-refractivity contribution in [2.24, 2.45) is 0 Å². The van der Waals surface area contributed by atoms with E-state index < -0.39 is 12.6 Å². The molecule has 7 heteroatoms. The molecule has 1 rings (SSSR count). The zero-order valence-electron chi connectivity index (χ0n) is 11.4. The number of halogens is 3. The van der Waals surface area contributed by atoms with Crippen molar-refractivity contribution in [3.05, 3.63) is 11.9 Å². The Bertz CT molecular complexity index is 406. The summed E-state index contributed by atoms with van der Waals surface area (Å²) < 4.78 is 36.6. The highest BCUT2D eigenvalue weighted by molar-refractivity contribution is 5.57. The molecule has 0 bridgehead atoms. The minimum absolute atomic E-state index is 0.116. The Balaban J connectivity index is 2.76. The first-order valence-corrected chi connectivity index (χ1v) is 6.18. The molecule has 0 saturated carbocycles. The third kappa shape index (κ3) is 4.92. The molecule has 19 heavy (non-hydrogen) atoms. The number of nitrogens with zero attached hydrogens (tertiary/aromatic N) is 3. The SMILES string of the molecule is CCCNc1ncnc(N(C)CCC(F)(F)F)c1C. The molecule has 1 aromatic rings. The molecule has 0 radical (unpaired) electrons. The zero-order chi connectivity index (χ0) is 14.5. The molecule has 0 atom stereocenters. The van der Waals surface area contributed by atoms with Crippen molar-refractivity contribution < 1.29 is 13.2 Å². The Labute approximate surface area is 111 Å². The largest absolute Gasteiger partial charge is 0.390 e. The summed E-state index contributed by atoms with van der Waals surface area (Å²) in [6.07, 6.45) is -2.70. The third-order valence-corrected chi connectivity index (χ3v) is 2.69. The topological polar surface area (TPSA) is 41.1 Å². The molecular formula is C12H19F3N4. The van der Waals surface area contributed by atoms with Crippen LogP contribution in [0.3, 0.4) is 0 Å². The molecule has 1 heterocycles. The highest BCUT2D eigenvalue weighted by atomic mass is 19.4. The average molecular weight is 276 g/mol. The molecule has 1 N–H and O–H groups in total. The van der Waals surface area contributed by atoms with E-state index >= 15 is 0 Å². The number of anilines is 2. The van der Waals surface area contributed by atoms with E-state index in [1.807, 2.05) is 6.92 Å². The van der Waals surface area contributed by atoms with Gasteiger partial charge >= 0.3 is 6.18 Å². The Morgan fingerprint density at radius 3 is 2.58 bits per heavy atom. The number of hydrogen-bond donors (Lipinski definition) is 1. The van der Waals surface area contributed by atoms with Crippen LogP contribution in [0.2, 0.25) is 0 Å². The van der Waals surface area contributed by atoms with Crippen LogP contribution in [0.5, 0.6) is 0 Å². The monoisotopic (exact) mass is 276 g/mol. The van der Waals surface area contributed by atoms with Gasteiger partial charge in [-0.25, -0.2) is 9.97 Å². The molecule has 108 valence electrons. The highest BCUT2D eigenvalue weighted by Crippen LogP contribution is 2.24. The second-order valence-electron chi connectivity index (χ2n) is 4.38. The number of nitrogens with one attached hydrogen (secondary N) is 1. The van der Waals surface area contributed by atoms with Crippen LogP contribution in [0.25, 0.3) is 0 Å². The molecule has 0 spiro atoms. The first kappa shape index (κ1) is 15.5. The summed E-state index contributed by atoms with van der Waals surface area (Å²) in [4.78, 5) is 9.65. The number of rotatable bonds is 6. The van der Waals surface area contributed by atoms with Crippen molar-refractivity contribution in [1.29, 1.82) is 0 Å². The van der Waals surface area contributed by atoms with Crippen LogP contribution >= 0.6 is 0 Å². The van der Waals surface area contributed by atoms with Crippen LogP contribution in [0.4, 0.5) is 24.8 Å². The fraction of sp³-hybridized carbons (Fsp3) is 0.667. The smallest absolute Gasteiger partial charge is 0.370 e. The van der Waals surface area contributed by atoms with Gasteiger partial charge in [0.05, 0.1) is 6.42 Å². The van der Waals surface area contributed by atoms with Crippen LogP contribution in [0.15, 0.2) is 6.33 Å². The quantitative estimate of drug-likeness (QED) is 0.867. The number of aromatic nitrogens is 2. The number of alkyl halides is 3. The Kier molecular flexibility index (Phi) is 5.38. The molecule has 0 fully saturated rings. The lowest BCUT2D eigenvalue weighted by molar-refractivity contribution is -0.132. The summed E-state index contributed by atoms with van der Waals surface area (Å²) >= 11 is 0. The molecule has 0 aliphatic heterocycles. The maximum absolute atomic E-state index is 12.2. The van der Waals surface area contributed by atoms with Crippen LogP contribution in [-0.2, 0) is 0 Å². The maximum atomic E-state index is 12.2. The van der Waals surface area contributed by atoms with Crippen LogP contribution in [-0.4, -0.2) is 36.3 Å². The van der Waals surface area contributed by atoms with Gasteiger partial charge < -0.3 is 10.2 Å². The summed E-state index contributed by atoms with van der Waals surface area (Å²) in [6, 6.07) is 0. The van der Waals surface area contributed by atoms with Crippen molar-refractivity contribution in [2.75, 3.05) is 30.4 Å². The van der Waals surface area contributed by atoms with Crippen molar-refractivity contribution in [2.45, 2.75) is 32.9 Å². The van der Waals surface area contributed by atoms with Gasteiger partial charge in [-0.15, -0.1) is 0 Å². The van der Waals surface area contributed by atoms with Gasteiger partial charge in [0.25, 0.3) is 0 Å². The lowest BCUT2D eigenvalue weighted by atomic mass is 10.2. The van der Waals surface area contributed by atoms with Gasteiger partial charge in [0.15, 0.2) is 0 Å². The van der Waals surface area contributed by atoms with Crippen LogP contribution < -0.4 is 10.2 Å². The van der Waals surface area contributed by atoms with E-state index in [2.05, 4.69) is 15.3 Å². The van der Waals surface area contributed by atoms with Crippen molar-refractivity contribution >= 4 is 11.6 Å². The molecule has 0 aliphatic rings.